The lowest BCUT2D eigenvalue weighted by Gasteiger charge is -2.33. The summed E-state index contributed by atoms with van der Waals surface area (Å²) in [5, 5.41) is 1.12. The van der Waals surface area contributed by atoms with E-state index in [0.29, 0.717) is 6.04 Å². The Kier molecular flexibility index (Phi) is 11.8. The number of ether oxygens (including phenoxy) is 1. The highest BCUT2D eigenvalue weighted by Crippen LogP contribution is 2.16. The zero-order valence-electron chi connectivity index (χ0n) is 12.0. The molecule has 2 nitrogen and oxygen atoms in total. The molecule has 104 valence electrons. The van der Waals surface area contributed by atoms with Crippen molar-refractivity contribution in [2.75, 3.05) is 32.1 Å². The second kappa shape index (κ2) is 11.5. The average Bonchev–Trinajstić information content (AvgIpc) is 2.36. The molecule has 3 heteroatoms. The Hall–Kier alpha value is 0.400. The molecular formula is C14H30BrNO. The highest BCUT2D eigenvalue weighted by molar-refractivity contribution is 9.09. The Morgan fingerprint density at radius 2 is 1.82 bits per heavy atom. The first kappa shape index (κ1) is 17.4. The lowest BCUT2D eigenvalue weighted by molar-refractivity contribution is 0.103. The SMILES string of the molecule is CCCC(CBr)CN(CCOC)C(CC)CC. The fourth-order valence-electron chi connectivity index (χ4n) is 2.39. The van der Waals surface area contributed by atoms with Crippen LogP contribution in [-0.2, 0) is 4.74 Å². The molecule has 0 amide bonds. The Morgan fingerprint density at radius 1 is 1.18 bits per heavy atom. The third-order valence-corrected chi connectivity index (χ3v) is 4.37. The first-order chi connectivity index (χ1) is 8.23. The van der Waals surface area contributed by atoms with E-state index in [1.807, 2.05) is 0 Å². The zero-order chi connectivity index (χ0) is 13.1. The van der Waals surface area contributed by atoms with E-state index in [1.54, 1.807) is 7.11 Å². The second-order valence-electron chi connectivity index (χ2n) is 4.77. The van der Waals surface area contributed by atoms with Gasteiger partial charge in [-0.1, -0.05) is 43.1 Å². The standard InChI is InChI=1S/C14H30BrNO/c1-5-8-13(11-15)12-16(9-10-17-4)14(6-2)7-3/h13-14H,5-12H2,1-4H3. The minimum absolute atomic E-state index is 0.712. The van der Waals surface area contributed by atoms with Gasteiger partial charge in [-0.2, -0.15) is 0 Å². The summed E-state index contributed by atoms with van der Waals surface area (Å²) < 4.78 is 5.23. The molecule has 0 fully saturated rings. The molecule has 0 aromatic heterocycles. The fraction of sp³-hybridized carbons (Fsp3) is 1.00. The highest BCUT2D eigenvalue weighted by Gasteiger charge is 2.18. The van der Waals surface area contributed by atoms with Gasteiger partial charge in [-0.3, -0.25) is 4.90 Å². The van der Waals surface area contributed by atoms with Gasteiger partial charge >= 0.3 is 0 Å². The molecule has 0 saturated carbocycles. The topological polar surface area (TPSA) is 12.5 Å². The normalized spacial score (nSPS) is 13.6. The molecule has 17 heavy (non-hydrogen) atoms. The number of nitrogens with zero attached hydrogens (tertiary/aromatic N) is 1. The Labute approximate surface area is 116 Å². The van der Waals surface area contributed by atoms with Crippen LogP contribution in [0.5, 0.6) is 0 Å². The van der Waals surface area contributed by atoms with Crippen LogP contribution in [0.15, 0.2) is 0 Å². The van der Waals surface area contributed by atoms with Crippen molar-refractivity contribution in [3.8, 4) is 0 Å². The molecular weight excluding hydrogens is 278 g/mol. The molecule has 0 N–H and O–H groups in total. The first-order valence-electron chi connectivity index (χ1n) is 7.02. The third-order valence-electron chi connectivity index (χ3n) is 3.45. The van der Waals surface area contributed by atoms with E-state index in [-0.39, 0.29) is 0 Å². The molecule has 0 radical (unpaired) electrons. The molecule has 0 aliphatic heterocycles. The molecule has 0 spiro atoms. The maximum absolute atomic E-state index is 5.23. The minimum atomic E-state index is 0.712. The predicted octanol–water partition coefficient (Wildman–Crippen LogP) is 3.93. The van der Waals surface area contributed by atoms with E-state index in [2.05, 4.69) is 41.6 Å². The van der Waals surface area contributed by atoms with Gasteiger partial charge in [-0.15, -0.1) is 0 Å². The van der Waals surface area contributed by atoms with Crippen LogP contribution in [0.25, 0.3) is 0 Å². The summed E-state index contributed by atoms with van der Waals surface area (Å²) in [6.45, 7) is 9.96. The van der Waals surface area contributed by atoms with Crippen molar-refractivity contribution < 1.29 is 4.74 Å². The minimum Gasteiger partial charge on any atom is -0.383 e. The summed E-state index contributed by atoms with van der Waals surface area (Å²) in [6, 6.07) is 0.712. The summed E-state index contributed by atoms with van der Waals surface area (Å²) in [4.78, 5) is 2.62. The lowest BCUT2D eigenvalue weighted by atomic mass is 10.0. The zero-order valence-corrected chi connectivity index (χ0v) is 13.6. The van der Waals surface area contributed by atoms with E-state index in [9.17, 15) is 0 Å². The Balaban J connectivity index is 4.32. The molecule has 0 rings (SSSR count). The summed E-state index contributed by atoms with van der Waals surface area (Å²) in [7, 11) is 1.79. The van der Waals surface area contributed by atoms with E-state index < -0.39 is 0 Å². The second-order valence-corrected chi connectivity index (χ2v) is 5.41. The average molecular weight is 308 g/mol. The van der Waals surface area contributed by atoms with Gasteiger partial charge in [0.05, 0.1) is 6.61 Å². The van der Waals surface area contributed by atoms with Crippen LogP contribution in [0.1, 0.15) is 46.5 Å². The van der Waals surface area contributed by atoms with Gasteiger partial charge in [-0.25, -0.2) is 0 Å². The first-order valence-corrected chi connectivity index (χ1v) is 8.14. The van der Waals surface area contributed by atoms with Crippen LogP contribution >= 0.6 is 15.9 Å². The van der Waals surface area contributed by atoms with Gasteiger partial charge in [0.25, 0.3) is 0 Å². The number of hydrogen-bond acceptors (Lipinski definition) is 2. The predicted molar refractivity (Wildman–Crippen MR) is 80.0 cm³/mol. The van der Waals surface area contributed by atoms with Crippen LogP contribution in [0, 0.1) is 5.92 Å². The van der Waals surface area contributed by atoms with Gasteiger partial charge in [0.1, 0.15) is 0 Å². The number of halogens is 1. The lowest BCUT2D eigenvalue weighted by Crippen LogP contribution is -2.40. The monoisotopic (exact) mass is 307 g/mol. The van der Waals surface area contributed by atoms with E-state index in [0.717, 1.165) is 24.4 Å². The molecule has 0 aromatic carbocycles. The van der Waals surface area contributed by atoms with E-state index in [1.165, 1.54) is 32.2 Å². The van der Waals surface area contributed by atoms with Crippen molar-refractivity contribution in [3.63, 3.8) is 0 Å². The van der Waals surface area contributed by atoms with Crippen molar-refractivity contribution in [1.82, 2.24) is 4.90 Å². The maximum atomic E-state index is 5.23. The quantitative estimate of drug-likeness (QED) is 0.536. The molecule has 1 unspecified atom stereocenters. The van der Waals surface area contributed by atoms with Crippen LogP contribution in [0.4, 0.5) is 0 Å². The molecule has 0 aromatic rings. The number of methoxy groups -OCH3 is 1. The van der Waals surface area contributed by atoms with E-state index >= 15 is 0 Å². The van der Waals surface area contributed by atoms with Gasteiger partial charge in [0.2, 0.25) is 0 Å². The van der Waals surface area contributed by atoms with Crippen LogP contribution < -0.4 is 0 Å². The van der Waals surface area contributed by atoms with Crippen LogP contribution in [0.3, 0.4) is 0 Å². The third kappa shape index (κ3) is 7.43. The molecule has 1 atom stereocenters. The van der Waals surface area contributed by atoms with Crippen molar-refractivity contribution in [2.45, 2.75) is 52.5 Å². The van der Waals surface area contributed by atoms with Crippen molar-refractivity contribution >= 4 is 15.9 Å². The molecule has 0 bridgehead atoms. The van der Waals surface area contributed by atoms with Gasteiger partial charge in [0, 0.05) is 31.6 Å². The van der Waals surface area contributed by atoms with Gasteiger partial charge < -0.3 is 4.74 Å². The summed E-state index contributed by atoms with van der Waals surface area (Å²) in [5.74, 6) is 0.775. The number of hydrogen-bond donors (Lipinski definition) is 0. The smallest absolute Gasteiger partial charge is 0.0589 e. The Morgan fingerprint density at radius 3 is 2.24 bits per heavy atom. The molecule has 0 saturated heterocycles. The number of rotatable bonds is 11. The van der Waals surface area contributed by atoms with Crippen molar-refractivity contribution in [1.29, 1.82) is 0 Å². The van der Waals surface area contributed by atoms with Gasteiger partial charge in [0.15, 0.2) is 0 Å². The number of alkyl halides is 1. The van der Waals surface area contributed by atoms with Crippen molar-refractivity contribution in [2.24, 2.45) is 5.92 Å². The fourth-order valence-corrected chi connectivity index (χ4v) is 2.92. The maximum Gasteiger partial charge on any atom is 0.0589 e. The summed E-state index contributed by atoms with van der Waals surface area (Å²) in [5.41, 5.74) is 0. The summed E-state index contributed by atoms with van der Waals surface area (Å²) in [6.07, 6.45) is 5.06. The molecule has 0 aliphatic carbocycles. The Bertz CT molecular complexity index is 162. The van der Waals surface area contributed by atoms with Crippen LogP contribution in [0.2, 0.25) is 0 Å². The molecule has 0 heterocycles. The summed E-state index contributed by atoms with van der Waals surface area (Å²) >= 11 is 3.65. The molecule has 0 aliphatic rings. The largest absolute Gasteiger partial charge is 0.383 e. The van der Waals surface area contributed by atoms with E-state index in [4.69, 9.17) is 4.74 Å². The van der Waals surface area contributed by atoms with Crippen LogP contribution in [-0.4, -0.2) is 43.1 Å². The van der Waals surface area contributed by atoms with Gasteiger partial charge in [-0.05, 0) is 25.2 Å². The van der Waals surface area contributed by atoms with Crippen molar-refractivity contribution in [3.05, 3.63) is 0 Å². The highest BCUT2D eigenvalue weighted by atomic mass is 79.9.